The summed E-state index contributed by atoms with van der Waals surface area (Å²) >= 11 is 5.97. The third kappa shape index (κ3) is 4.88. The lowest BCUT2D eigenvalue weighted by atomic mass is 10.2. The van der Waals surface area contributed by atoms with Gasteiger partial charge in [-0.15, -0.1) is 11.6 Å². The zero-order chi connectivity index (χ0) is 18.5. The van der Waals surface area contributed by atoms with E-state index in [0.717, 1.165) is 18.4 Å². The molecule has 3 rings (SSSR count). The Kier molecular flexibility index (Phi) is 5.99. The molecule has 2 aromatic rings. The molecule has 26 heavy (non-hydrogen) atoms. The smallest absolute Gasteiger partial charge is 0.242 e. The van der Waals surface area contributed by atoms with E-state index in [-0.39, 0.29) is 24.4 Å². The highest BCUT2D eigenvalue weighted by molar-refractivity contribution is 6.30. The van der Waals surface area contributed by atoms with Crippen LogP contribution in [0.15, 0.2) is 53.1 Å². The molecule has 0 bridgehead atoms. The van der Waals surface area contributed by atoms with Gasteiger partial charge in [-0.2, -0.15) is 0 Å². The van der Waals surface area contributed by atoms with Crippen LogP contribution in [0.1, 0.15) is 31.1 Å². The van der Waals surface area contributed by atoms with Crippen molar-refractivity contribution >= 4 is 23.4 Å². The van der Waals surface area contributed by atoms with Gasteiger partial charge in [-0.1, -0.05) is 30.3 Å². The van der Waals surface area contributed by atoms with Gasteiger partial charge in [0.1, 0.15) is 17.7 Å². The van der Waals surface area contributed by atoms with Gasteiger partial charge in [0.15, 0.2) is 0 Å². The average molecular weight is 375 g/mol. The van der Waals surface area contributed by atoms with E-state index in [2.05, 4.69) is 0 Å². The first kappa shape index (κ1) is 18.5. The number of furan rings is 1. The summed E-state index contributed by atoms with van der Waals surface area (Å²) in [5.41, 5.74) is 1.03. The fraction of sp³-hybridized carbons (Fsp3) is 0.400. The molecule has 138 valence electrons. The number of carbonyl (C=O) groups excluding carboxylic acids is 2. The van der Waals surface area contributed by atoms with Crippen molar-refractivity contribution in [1.29, 1.82) is 0 Å². The number of benzene rings is 1. The molecule has 0 radical (unpaired) electrons. The number of rotatable bonds is 8. The molecular weight excluding hydrogens is 352 g/mol. The van der Waals surface area contributed by atoms with Gasteiger partial charge in [-0.3, -0.25) is 9.59 Å². The van der Waals surface area contributed by atoms with Crippen molar-refractivity contribution in [2.45, 2.75) is 44.3 Å². The molecular formula is C20H23ClN2O3. The summed E-state index contributed by atoms with van der Waals surface area (Å²) in [6.45, 7) is 2.52. The first-order chi connectivity index (χ1) is 12.5. The van der Waals surface area contributed by atoms with Crippen molar-refractivity contribution in [1.82, 2.24) is 9.80 Å². The first-order valence-corrected chi connectivity index (χ1v) is 9.27. The molecule has 1 aliphatic carbocycles. The van der Waals surface area contributed by atoms with E-state index in [1.807, 2.05) is 36.4 Å². The van der Waals surface area contributed by atoms with Crippen LogP contribution in [0.2, 0.25) is 0 Å². The van der Waals surface area contributed by atoms with Gasteiger partial charge in [0.25, 0.3) is 0 Å². The average Bonchev–Trinajstić information content (AvgIpc) is 3.35. The summed E-state index contributed by atoms with van der Waals surface area (Å²) in [5.74, 6) is 0.423. The van der Waals surface area contributed by atoms with Gasteiger partial charge < -0.3 is 14.2 Å². The quantitative estimate of drug-likeness (QED) is 0.665. The van der Waals surface area contributed by atoms with E-state index in [9.17, 15) is 9.59 Å². The van der Waals surface area contributed by atoms with Gasteiger partial charge >= 0.3 is 0 Å². The number of amides is 2. The second-order valence-corrected chi connectivity index (χ2v) is 7.28. The first-order valence-electron chi connectivity index (χ1n) is 8.83. The molecule has 6 heteroatoms. The Morgan fingerprint density at radius 2 is 1.88 bits per heavy atom. The summed E-state index contributed by atoms with van der Waals surface area (Å²) < 4.78 is 5.41. The highest BCUT2D eigenvalue weighted by Gasteiger charge is 2.36. The number of nitrogens with zero attached hydrogens (tertiary/aromatic N) is 2. The van der Waals surface area contributed by atoms with E-state index < -0.39 is 5.38 Å². The standard InChI is InChI=1S/C20H23ClN2O3/c1-15(21)20(25)23(17-9-10-17)14-19(24)22(13-18-8-5-11-26-18)12-16-6-3-2-4-7-16/h2-8,11,15,17H,9-10,12-14H2,1H3/t15-/m0/s1. The second kappa shape index (κ2) is 8.41. The van der Waals surface area contributed by atoms with Crippen LogP contribution in [0.5, 0.6) is 0 Å². The van der Waals surface area contributed by atoms with Gasteiger partial charge in [0, 0.05) is 12.6 Å². The van der Waals surface area contributed by atoms with Gasteiger partial charge in [-0.05, 0) is 37.5 Å². The Morgan fingerprint density at radius 1 is 1.15 bits per heavy atom. The van der Waals surface area contributed by atoms with Crippen molar-refractivity contribution < 1.29 is 14.0 Å². The molecule has 0 aliphatic heterocycles. The molecule has 0 spiro atoms. The Hall–Kier alpha value is -2.27. The number of carbonyl (C=O) groups is 2. The molecule has 1 heterocycles. The number of halogens is 1. The van der Waals surface area contributed by atoms with E-state index in [4.69, 9.17) is 16.0 Å². The minimum atomic E-state index is -0.629. The predicted molar refractivity (Wildman–Crippen MR) is 99.5 cm³/mol. The Balaban J connectivity index is 1.73. The maximum atomic E-state index is 13.0. The van der Waals surface area contributed by atoms with Crippen LogP contribution >= 0.6 is 11.6 Å². The predicted octanol–water partition coefficient (Wildman–Crippen LogP) is 3.43. The highest BCUT2D eigenvalue weighted by atomic mass is 35.5. The largest absolute Gasteiger partial charge is 0.467 e. The minimum Gasteiger partial charge on any atom is -0.467 e. The molecule has 1 aromatic heterocycles. The van der Waals surface area contributed by atoms with Crippen LogP contribution in [0.4, 0.5) is 0 Å². The summed E-state index contributed by atoms with van der Waals surface area (Å²) in [7, 11) is 0. The van der Waals surface area contributed by atoms with E-state index >= 15 is 0 Å². The second-order valence-electron chi connectivity index (χ2n) is 6.63. The fourth-order valence-electron chi connectivity index (χ4n) is 2.87. The van der Waals surface area contributed by atoms with Crippen LogP contribution in [-0.4, -0.2) is 39.6 Å². The van der Waals surface area contributed by atoms with Gasteiger partial charge in [-0.25, -0.2) is 0 Å². The van der Waals surface area contributed by atoms with Crippen LogP contribution in [0.25, 0.3) is 0 Å². The van der Waals surface area contributed by atoms with Crippen molar-refractivity contribution in [2.24, 2.45) is 0 Å². The van der Waals surface area contributed by atoms with Gasteiger partial charge in [0.05, 0.1) is 12.8 Å². The summed E-state index contributed by atoms with van der Waals surface area (Å²) in [5, 5.41) is -0.629. The lowest BCUT2D eigenvalue weighted by Crippen LogP contribution is -2.45. The maximum absolute atomic E-state index is 13.0. The highest BCUT2D eigenvalue weighted by Crippen LogP contribution is 2.28. The minimum absolute atomic E-state index is 0.0497. The molecule has 0 unspecified atom stereocenters. The van der Waals surface area contributed by atoms with Gasteiger partial charge in [0.2, 0.25) is 11.8 Å². The lowest BCUT2D eigenvalue weighted by molar-refractivity contribution is -0.141. The Morgan fingerprint density at radius 3 is 2.46 bits per heavy atom. The third-order valence-electron chi connectivity index (χ3n) is 4.41. The SMILES string of the molecule is C[C@H](Cl)C(=O)N(CC(=O)N(Cc1ccccc1)Cc1ccco1)C1CC1. The molecule has 1 saturated carbocycles. The number of hydrogen-bond donors (Lipinski definition) is 0. The van der Waals surface area contributed by atoms with Crippen LogP contribution in [-0.2, 0) is 22.7 Å². The lowest BCUT2D eigenvalue weighted by Gasteiger charge is -2.28. The summed E-state index contributed by atoms with van der Waals surface area (Å²) in [6.07, 6.45) is 3.45. The number of alkyl halides is 1. The zero-order valence-corrected chi connectivity index (χ0v) is 15.6. The molecule has 0 saturated heterocycles. The summed E-state index contributed by atoms with van der Waals surface area (Å²) in [4.78, 5) is 28.7. The molecule has 1 aromatic carbocycles. The van der Waals surface area contributed by atoms with Crippen molar-refractivity contribution in [2.75, 3.05) is 6.54 Å². The number of hydrogen-bond acceptors (Lipinski definition) is 3. The van der Waals surface area contributed by atoms with Crippen molar-refractivity contribution in [3.05, 3.63) is 60.1 Å². The Labute approximate surface area is 158 Å². The summed E-state index contributed by atoms with van der Waals surface area (Å²) in [6, 6.07) is 13.6. The van der Waals surface area contributed by atoms with Crippen LogP contribution in [0, 0.1) is 0 Å². The van der Waals surface area contributed by atoms with E-state index in [1.54, 1.807) is 29.1 Å². The molecule has 5 nitrogen and oxygen atoms in total. The van der Waals surface area contributed by atoms with Crippen molar-refractivity contribution in [3.63, 3.8) is 0 Å². The zero-order valence-electron chi connectivity index (χ0n) is 14.8. The molecule has 1 atom stereocenters. The normalized spacial score (nSPS) is 14.7. The third-order valence-corrected chi connectivity index (χ3v) is 4.60. The monoisotopic (exact) mass is 374 g/mol. The van der Waals surface area contributed by atoms with E-state index in [0.29, 0.717) is 18.8 Å². The molecule has 2 amide bonds. The maximum Gasteiger partial charge on any atom is 0.242 e. The van der Waals surface area contributed by atoms with Crippen LogP contribution < -0.4 is 0 Å². The molecule has 1 fully saturated rings. The van der Waals surface area contributed by atoms with Crippen LogP contribution in [0.3, 0.4) is 0 Å². The molecule has 1 aliphatic rings. The molecule has 0 N–H and O–H groups in total. The Bertz CT molecular complexity index is 727. The topological polar surface area (TPSA) is 53.8 Å². The van der Waals surface area contributed by atoms with Crippen molar-refractivity contribution in [3.8, 4) is 0 Å². The fourth-order valence-corrected chi connectivity index (χ4v) is 3.00. The van der Waals surface area contributed by atoms with E-state index in [1.165, 1.54) is 0 Å².